The summed E-state index contributed by atoms with van der Waals surface area (Å²) in [5.41, 5.74) is 0.544. The zero-order valence-corrected chi connectivity index (χ0v) is 19.4. The van der Waals surface area contributed by atoms with Crippen LogP contribution < -0.4 is 24.3 Å². The Morgan fingerprint density at radius 3 is 2.28 bits per heavy atom. The molecule has 174 valence electrons. The van der Waals surface area contributed by atoms with Crippen molar-refractivity contribution >= 4 is 21.6 Å². The Morgan fingerprint density at radius 2 is 1.62 bits per heavy atom. The number of hydrogen-bond donors (Lipinski definition) is 1. The molecule has 32 heavy (non-hydrogen) atoms. The van der Waals surface area contributed by atoms with Crippen molar-refractivity contribution in [3.05, 3.63) is 36.4 Å². The molecular weight excluding hydrogens is 436 g/mol. The normalized spacial score (nSPS) is 16.8. The lowest BCUT2D eigenvalue weighted by Gasteiger charge is -2.31. The van der Waals surface area contributed by atoms with Crippen molar-refractivity contribution in [2.75, 3.05) is 46.8 Å². The van der Waals surface area contributed by atoms with Crippen LogP contribution in [0.15, 0.2) is 41.3 Å². The number of amides is 1. The van der Waals surface area contributed by atoms with Gasteiger partial charge in [-0.2, -0.15) is 4.31 Å². The summed E-state index contributed by atoms with van der Waals surface area (Å²) in [6.07, 6.45) is 1.15. The third-order valence-electron chi connectivity index (χ3n) is 5.39. The Hall–Kier alpha value is -2.98. The summed E-state index contributed by atoms with van der Waals surface area (Å²) in [7, 11) is 2.04. The maximum Gasteiger partial charge on any atom is 0.246 e. The lowest BCUT2D eigenvalue weighted by atomic mass is 9.98. The fourth-order valence-electron chi connectivity index (χ4n) is 3.66. The number of piperidine rings is 1. The van der Waals surface area contributed by atoms with E-state index in [1.807, 2.05) is 0 Å². The van der Waals surface area contributed by atoms with Crippen molar-refractivity contribution in [1.82, 2.24) is 4.31 Å². The van der Waals surface area contributed by atoms with Crippen molar-refractivity contribution in [2.45, 2.75) is 17.7 Å². The van der Waals surface area contributed by atoms with Crippen LogP contribution in [0.3, 0.4) is 0 Å². The molecule has 0 spiro atoms. The van der Waals surface area contributed by atoms with Crippen molar-refractivity contribution < 1.29 is 32.2 Å². The molecule has 1 amide bonds. The summed E-state index contributed by atoms with van der Waals surface area (Å²) < 4.78 is 48.9. The van der Waals surface area contributed by atoms with Gasteiger partial charge in [0.25, 0.3) is 0 Å². The predicted molar refractivity (Wildman–Crippen MR) is 119 cm³/mol. The highest BCUT2D eigenvalue weighted by Crippen LogP contribution is 2.33. The first-order valence-corrected chi connectivity index (χ1v) is 11.5. The number of anilines is 1. The van der Waals surface area contributed by atoms with Gasteiger partial charge in [-0.05, 0) is 37.1 Å². The van der Waals surface area contributed by atoms with Crippen LogP contribution in [0.1, 0.15) is 12.8 Å². The van der Waals surface area contributed by atoms with Gasteiger partial charge in [0.1, 0.15) is 16.4 Å². The molecule has 0 unspecified atom stereocenters. The van der Waals surface area contributed by atoms with E-state index in [4.69, 9.17) is 18.9 Å². The maximum absolute atomic E-state index is 13.3. The Morgan fingerprint density at radius 1 is 0.938 bits per heavy atom. The first-order chi connectivity index (χ1) is 15.3. The van der Waals surface area contributed by atoms with E-state index < -0.39 is 15.9 Å². The van der Waals surface area contributed by atoms with Crippen LogP contribution in [0.5, 0.6) is 23.0 Å². The topological polar surface area (TPSA) is 103 Å². The van der Waals surface area contributed by atoms with Gasteiger partial charge in [0.05, 0.1) is 34.4 Å². The summed E-state index contributed by atoms with van der Waals surface area (Å²) in [5.74, 6) is 0.917. The second-order valence-electron chi connectivity index (χ2n) is 7.28. The van der Waals surface area contributed by atoms with Crippen molar-refractivity contribution in [3.63, 3.8) is 0 Å². The zero-order valence-electron chi connectivity index (χ0n) is 18.6. The van der Waals surface area contributed by atoms with Crippen LogP contribution in [-0.2, 0) is 14.8 Å². The van der Waals surface area contributed by atoms with Gasteiger partial charge < -0.3 is 24.3 Å². The van der Waals surface area contributed by atoms with Crippen LogP contribution in [-0.4, -0.2) is 60.2 Å². The minimum absolute atomic E-state index is 0.0142. The molecule has 2 aromatic carbocycles. The van der Waals surface area contributed by atoms with Crippen molar-refractivity contribution in [1.29, 1.82) is 0 Å². The van der Waals surface area contributed by atoms with Gasteiger partial charge >= 0.3 is 0 Å². The summed E-state index contributed by atoms with van der Waals surface area (Å²) in [6, 6.07) is 9.68. The van der Waals surface area contributed by atoms with E-state index >= 15 is 0 Å². The Bertz CT molecular complexity index is 1070. The number of ether oxygens (including phenoxy) is 4. The van der Waals surface area contributed by atoms with E-state index in [1.54, 1.807) is 30.3 Å². The van der Waals surface area contributed by atoms with Gasteiger partial charge in [0.2, 0.25) is 15.9 Å². The van der Waals surface area contributed by atoms with E-state index in [9.17, 15) is 13.2 Å². The second-order valence-corrected chi connectivity index (χ2v) is 9.18. The van der Waals surface area contributed by atoms with E-state index in [1.165, 1.54) is 38.8 Å². The molecule has 0 saturated carbocycles. The fourth-order valence-corrected chi connectivity index (χ4v) is 5.35. The van der Waals surface area contributed by atoms with Gasteiger partial charge in [0, 0.05) is 30.9 Å². The number of methoxy groups -OCH3 is 4. The minimum Gasteiger partial charge on any atom is -0.497 e. The largest absolute Gasteiger partial charge is 0.497 e. The standard InChI is InChI=1S/C22H28N2O7S/c1-28-17-8-10-19(30-3)21(13-17)32(26,27)24-11-5-6-15(14-24)22(25)23-16-7-9-18(29-2)20(12-16)31-4/h7-10,12-13,15H,5-6,11,14H2,1-4H3,(H,23,25)/t15-/m0/s1. The molecule has 1 fully saturated rings. The molecular formula is C22H28N2O7S. The number of hydrogen-bond acceptors (Lipinski definition) is 7. The summed E-state index contributed by atoms with van der Waals surface area (Å²) in [6.45, 7) is 0.394. The summed E-state index contributed by atoms with van der Waals surface area (Å²) >= 11 is 0. The Labute approximate surface area is 188 Å². The molecule has 10 heteroatoms. The molecule has 2 aromatic rings. The van der Waals surface area contributed by atoms with Gasteiger partial charge in [0.15, 0.2) is 11.5 Å². The average Bonchev–Trinajstić information content (AvgIpc) is 2.83. The fraction of sp³-hybridized carbons (Fsp3) is 0.409. The monoisotopic (exact) mass is 464 g/mol. The molecule has 0 radical (unpaired) electrons. The van der Waals surface area contributed by atoms with Crippen LogP contribution in [0.4, 0.5) is 5.69 Å². The molecule has 1 atom stereocenters. The third-order valence-corrected chi connectivity index (χ3v) is 7.28. The molecule has 0 bridgehead atoms. The summed E-state index contributed by atoms with van der Waals surface area (Å²) in [4.78, 5) is 12.9. The summed E-state index contributed by atoms with van der Waals surface area (Å²) in [5, 5.41) is 2.85. The molecule has 3 rings (SSSR count). The highest BCUT2D eigenvalue weighted by atomic mass is 32.2. The zero-order chi connectivity index (χ0) is 23.3. The number of benzene rings is 2. The molecule has 0 aliphatic carbocycles. The van der Waals surface area contributed by atoms with Gasteiger partial charge in [-0.1, -0.05) is 0 Å². The van der Waals surface area contributed by atoms with Gasteiger partial charge in [-0.15, -0.1) is 0 Å². The van der Waals surface area contributed by atoms with Crippen LogP contribution in [0, 0.1) is 5.92 Å². The number of nitrogens with zero attached hydrogens (tertiary/aromatic N) is 1. The lowest BCUT2D eigenvalue weighted by Crippen LogP contribution is -2.43. The number of carbonyl (C=O) groups is 1. The lowest BCUT2D eigenvalue weighted by molar-refractivity contribution is -0.120. The van der Waals surface area contributed by atoms with Crippen LogP contribution in [0.2, 0.25) is 0 Å². The predicted octanol–water partition coefficient (Wildman–Crippen LogP) is 2.76. The van der Waals surface area contributed by atoms with Crippen molar-refractivity contribution in [2.24, 2.45) is 5.92 Å². The van der Waals surface area contributed by atoms with E-state index in [-0.39, 0.29) is 23.1 Å². The van der Waals surface area contributed by atoms with Gasteiger partial charge in [-0.25, -0.2) is 8.42 Å². The Balaban J connectivity index is 1.78. The number of nitrogens with one attached hydrogen (secondary N) is 1. The van der Waals surface area contributed by atoms with Gasteiger partial charge in [-0.3, -0.25) is 4.79 Å². The first-order valence-electron chi connectivity index (χ1n) is 10.1. The molecule has 0 aromatic heterocycles. The second kappa shape index (κ2) is 10.1. The molecule has 1 N–H and O–H groups in total. The van der Waals surface area contributed by atoms with E-state index in [2.05, 4.69) is 5.32 Å². The SMILES string of the molecule is COc1ccc(OC)c(S(=O)(=O)N2CCC[C@H](C(=O)Nc3ccc(OC)c(OC)c3)C2)c1. The molecule has 9 nitrogen and oxygen atoms in total. The number of rotatable bonds is 8. The quantitative estimate of drug-likeness (QED) is 0.641. The number of sulfonamides is 1. The van der Waals surface area contributed by atoms with E-state index in [0.717, 1.165) is 0 Å². The third kappa shape index (κ3) is 4.91. The highest BCUT2D eigenvalue weighted by Gasteiger charge is 2.35. The molecule has 1 saturated heterocycles. The first kappa shape index (κ1) is 23.7. The van der Waals surface area contributed by atoms with Crippen molar-refractivity contribution in [3.8, 4) is 23.0 Å². The minimum atomic E-state index is -3.88. The maximum atomic E-state index is 13.3. The highest BCUT2D eigenvalue weighted by molar-refractivity contribution is 7.89. The number of carbonyl (C=O) groups excluding carboxylic acids is 1. The average molecular weight is 465 g/mol. The van der Waals surface area contributed by atoms with Crippen LogP contribution >= 0.6 is 0 Å². The smallest absolute Gasteiger partial charge is 0.246 e. The Kier molecular flexibility index (Phi) is 7.47. The van der Waals surface area contributed by atoms with Crippen LogP contribution in [0.25, 0.3) is 0 Å². The molecule has 1 aliphatic heterocycles. The van der Waals surface area contributed by atoms with E-state index in [0.29, 0.717) is 42.3 Å². The molecule has 1 aliphatic rings. The molecule has 1 heterocycles.